The lowest BCUT2D eigenvalue weighted by atomic mass is 9.86. The summed E-state index contributed by atoms with van der Waals surface area (Å²) in [5.41, 5.74) is 0.328. The second kappa shape index (κ2) is 9.00. The zero-order chi connectivity index (χ0) is 19.3. The van der Waals surface area contributed by atoms with Crippen molar-refractivity contribution in [3.05, 3.63) is 48.0 Å². The minimum Gasteiger partial charge on any atom is -0.481 e. The molecule has 3 N–H and O–H groups in total. The fourth-order valence-electron chi connectivity index (χ4n) is 4.64. The molecule has 148 valence electrons. The molecule has 2 unspecified atom stereocenters. The van der Waals surface area contributed by atoms with Gasteiger partial charge in [0.2, 0.25) is 0 Å². The third-order valence-corrected chi connectivity index (χ3v) is 6.02. The number of ether oxygens (including phenoxy) is 1. The summed E-state index contributed by atoms with van der Waals surface area (Å²) in [6.07, 6.45) is 7.76. The molecule has 1 aromatic rings. The van der Waals surface area contributed by atoms with E-state index in [-0.39, 0.29) is 24.4 Å². The Kier molecular flexibility index (Phi) is 6.68. The van der Waals surface area contributed by atoms with Crippen LogP contribution >= 0.6 is 0 Å². The normalized spacial score (nSPS) is 31.3. The van der Waals surface area contributed by atoms with Gasteiger partial charge in [-0.05, 0) is 37.2 Å². The van der Waals surface area contributed by atoms with Crippen LogP contribution in [0, 0.1) is 11.8 Å². The second-order valence-electron chi connectivity index (χ2n) is 7.94. The van der Waals surface area contributed by atoms with E-state index in [9.17, 15) is 15.0 Å². The number of benzene rings is 1. The van der Waals surface area contributed by atoms with Crippen LogP contribution in [0.5, 0.6) is 0 Å². The van der Waals surface area contributed by atoms with Gasteiger partial charge in [0, 0.05) is 31.8 Å². The van der Waals surface area contributed by atoms with E-state index in [1.165, 1.54) is 0 Å². The summed E-state index contributed by atoms with van der Waals surface area (Å²) in [6, 6.07) is 9.88. The SMILES string of the molecule is O=C(O)CCCOC1C[C@H]2CC[C@@H](C=CC(O)Cc3ccccc3)[C@]2(O)C1. The molecule has 1 aromatic carbocycles. The highest BCUT2D eigenvalue weighted by Crippen LogP contribution is 2.52. The van der Waals surface area contributed by atoms with Crippen molar-refractivity contribution < 1.29 is 24.9 Å². The molecule has 0 amide bonds. The maximum absolute atomic E-state index is 11.2. The summed E-state index contributed by atoms with van der Waals surface area (Å²) < 4.78 is 5.81. The summed E-state index contributed by atoms with van der Waals surface area (Å²) in [7, 11) is 0. The van der Waals surface area contributed by atoms with E-state index < -0.39 is 17.7 Å². The number of hydrogen-bond donors (Lipinski definition) is 3. The van der Waals surface area contributed by atoms with Gasteiger partial charge in [0.05, 0.1) is 17.8 Å². The van der Waals surface area contributed by atoms with Crippen LogP contribution < -0.4 is 0 Å². The van der Waals surface area contributed by atoms with Gasteiger partial charge in [0.1, 0.15) is 0 Å². The number of rotatable bonds is 9. The molecule has 0 aliphatic heterocycles. The largest absolute Gasteiger partial charge is 0.481 e. The smallest absolute Gasteiger partial charge is 0.303 e. The minimum atomic E-state index is -0.806. The molecule has 3 rings (SSSR count). The Hall–Kier alpha value is -1.69. The van der Waals surface area contributed by atoms with Crippen LogP contribution in [0.25, 0.3) is 0 Å². The Balaban J connectivity index is 1.50. The first-order valence-electron chi connectivity index (χ1n) is 9.93. The first kappa shape index (κ1) is 20.1. The number of carbonyl (C=O) groups is 1. The van der Waals surface area contributed by atoms with Crippen LogP contribution in [0.4, 0.5) is 0 Å². The van der Waals surface area contributed by atoms with Gasteiger partial charge in [-0.3, -0.25) is 4.79 Å². The number of hydrogen-bond acceptors (Lipinski definition) is 4. The first-order valence-corrected chi connectivity index (χ1v) is 9.93. The Morgan fingerprint density at radius 1 is 1.30 bits per heavy atom. The zero-order valence-electron chi connectivity index (χ0n) is 15.7. The number of fused-ring (bicyclic) bond motifs is 1. The third-order valence-electron chi connectivity index (χ3n) is 6.02. The van der Waals surface area contributed by atoms with Crippen molar-refractivity contribution in [3.8, 4) is 0 Å². The van der Waals surface area contributed by atoms with Gasteiger partial charge in [0.15, 0.2) is 0 Å². The summed E-state index contributed by atoms with van der Waals surface area (Å²) in [5.74, 6) is -0.539. The van der Waals surface area contributed by atoms with Gasteiger partial charge in [-0.1, -0.05) is 42.5 Å². The van der Waals surface area contributed by atoms with Gasteiger partial charge in [-0.15, -0.1) is 0 Å². The Morgan fingerprint density at radius 2 is 2.07 bits per heavy atom. The topological polar surface area (TPSA) is 87.0 Å². The second-order valence-corrected chi connectivity index (χ2v) is 7.94. The lowest BCUT2D eigenvalue weighted by molar-refractivity contribution is -0.137. The van der Waals surface area contributed by atoms with Crippen LogP contribution in [0.15, 0.2) is 42.5 Å². The Morgan fingerprint density at radius 3 is 2.81 bits per heavy atom. The number of aliphatic carboxylic acids is 1. The van der Waals surface area contributed by atoms with Crippen LogP contribution in [0.3, 0.4) is 0 Å². The molecule has 2 aliphatic carbocycles. The average molecular weight is 374 g/mol. The van der Waals surface area contributed by atoms with Crippen molar-refractivity contribution in [3.63, 3.8) is 0 Å². The molecule has 5 atom stereocenters. The van der Waals surface area contributed by atoms with Gasteiger partial charge in [-0.25, -0.2) is 0 Å². The van der Waals surface area contributed by atoms with Crippen LogP contribution in [-0.4, -0.2) is 45.7 Å². The zero-order valence-corrected chi connectivity index (χ0v) is 15.7. The summed E-state index contributed by atoms with van der Waals surface area (Å²) in [4.78, 5) is 10.6. The molecule has 0 bridgehead atoms. The highest BCUT2D eigenvalue weighted by atomic mass is 16.5. The third kappa shape index (κ3) is 5.18. The van der Waals surface area contributed by atoms with Gasteiger partial charge < -0.3 is 20.1 Å². The molecular formula is C22H30O5. The van der Waals surface area contributed by atoms with E-state index >= 15 is 0 Å². The van der Waals surface area contributed by atoms with Gasteiger partial charge in [0.25, 0.3) is 0 Å². The Labute approximate surface area is 160 Å². The molecule has 0 spiro atoms. The van der Waals surface area contributed by atoms with E-state index in [0.717, 1.165) is 24.8 Å². The fourth-order valence-corrected chi connectivity index (χ4v) is 4.64. The maximum atomic E-state index is 11.2. The van der Waals surface area contributed by atoms with Crippen LogP contribution in [0.1, 0.15) is 44.1 Å². The first-order chi connectivity index (χ1) is 13.0. The van der Waals surface area contributed by atoms with E-state index in [4.69, 9.17) is 9.84 Å². The molecule has 2 fully saturated rings. The van der Waals surface area contributed by atoms with Crippen molar-refractivity contribution in [2.75, 3.05) is 6.61 Å². The van der Waals surface area contributed by atoms with Crippen molar-refractivity contribution in [2.45, 2.75) is 62.8 Å². The molecular weight excluding hydrogens is 344 g/mol. The van der Waals surface area contributed by atoms with Crippen LogP contribution in [-0.2, 0) is 16.0 Å². The molecule has 0 heterocycles. The monoisotopic (exact) mass is 374 g/mol. The van der Waals surface area contributed by atoms with E-state index in [0.29, 0.717) is 25.9 Å². The number of aliphatic hydroxyl groups excluding tert-OH is 1. The summed E-state index contributed by atoms with van der Waals surface area (Å²) in [5, 5.41) is 30.2. The molecule has 27 heavy (non-hydrogen) atoms. The van der Waals surface area contributed by atoms with E-state index in [2.05, 4.69) is 0 Å². The number of carboxylic acid groups (broad SMARTS) is 1. The predicted molar refractivity (Wildman–Crippen MR) is 102 cm³/mol. The van der Waals surface area contributed by atoms with Crippen molar-refractivity contribution in [1.29, 1.82) is 0 Å². The van der Waals surface area contributed by atoms with E-state index in [1.807, 2.05) is 42.5 Å². The Bertz CT molecular complexity index is 643. The molecule has 5 nitrogen and oxygen atoms in total. The molecule has 0 radical (unpaired) electrons. The standard InChI is InChI=1S/C22H30O5/c23-19(13-16-5-2-1-3-6-16)11-10-17-8-9-18-14-20(15-22(17,18)26)27-12-4-7-21(24)25/h1-3,5-6,10-11,17-20,23,26H,4,7-9,12-15H2,(H,24,25)/t17-,18+,19?,20?,22+/m0/s1. The molecule has 5 heteroatoms. The van der Waals surface area contributed by atoms with Crippen LogP contribution in [0.2, 0.25) is 0 Å². The lowest BCUT2D eigenvalue weighted by Gasteiger charge is -2.28. The van der Waals surface area contributed by atoms with Crippen molar-refractivity contribution in [1.82, 2.24) is 0 Å². The molecule has 0 saturated heterocycles. The van der Waals surface area contributed by atoms with E-state index in [1.54, 1.807) is 0 Å². The highest BCUT2D eigenvalue weighted by molar-refractivity contribution is 5.66. The molecule has 2 saturated carbocycles. The van der Waals surface area contributed by atoms with Crippen molar-refractivity contribution in [2.24, 2.45) is 11.8 Å². The fraction of sp³-hybridized carbons (Fsp3) is 0.591. The summed E-state index contributed by atoms with van der Waals surface area (Å²) >= 11 is 0. The van der Waals surface area contributed by atoms with Gasteiger partial charge in [-0.2, -0.15) is 0 Å². The average Bonchev–Trinajstić information content (AvgIpc) is 3.10. The molecule has 0 aromatic heterocycles. The maximum Gasteiger partial charge on any atom is 0.303 e. The highest BCUT2D eigenvalue weighted by Gasteiger charge is 2.54. The number of aliphatic hydroxyl groups is 2. The predicted octanol–water partition coefficient (Wildman–Crippen LogP) is 2.95. The number of carboxylic acids is 1. The van der Waals surface area contributed by atoms with Gasteiger partial charge >= 0.3 is 5.97 Å². The lowest BCUT2D eigenvalue weighted by Crippen LogP contribution is -2.35. The minimum absolute atomic E-state index is 0.000706. The quantitative estimate of drug-likeness (QED) is 0.457. The molecule has 2 aliphatic rings. The van der Waals surface area contributed by atoms with Crippen molar-refractivity contribution >= 4 is 5.97 Å². The summed E-state index contributed by atoms with van der Waals surface area (Å²) in [6.45, 7) is 0.427.